The highest BCUT2D eigenvalue weighted by Gasteiger charge is 2.35. The van der Waals surface area contributed by atoms with Crippen molar-refractivity contribution in [2.45, 2.75) is 23.0 Å². The van der Waals surface area contributed by atoms with Crippen LogP contribution in [0.5, 0.6) is 0 Å². The maximum Gasteiger partial charge on any atom is 0.282 e. The number of fused-ring (bicyclic) bond motifs is 3. The maximum atomic E-state index is 11.0. The molecule has 0 amide bonds. The Morgan fingerprint density at radius 1 is 1.28 bits per heavy atom. The Morgan fingerprint density at radius 3 is 2.61 bits per heavy atom. The summed E-state index contributed by atoms with van der Waals surface area (Å²) in [5, 5.41) is 11.5. The van der Waals surface area contributed by atoms with Gasteiger partial charge in [0, 0.05) is 17.9 Å². The first-order chi connectivity index (χ1) is 8.74. The van der Waals surface area contributed by atoms with Crippen LogP contribution in [0.2, 0.25) is 0 Å². The lowest BCUT2D eigenvalue weighted by molar-refractivity contribution is -0.387. The molecule has 1 aromatic rings. The van der Waals surface area contributed by atoms with E-state index in [0.717, 1.165) is 17.4 Å². The molecule has 5 heteroatoms. The number of rotatable bonds is 3. The van der Waals surface area contributed by atoms with E-state index in [2.05, 4.69) is 4.90 Å². The second-order valence-electron chi connectivity index (χ2n) is 5.02. The number of hydrogen-bond acceptors (Lipinski definition) is 4. The van der Waals surface area contributed by atoms with Crippen molar-refractivity contribution in [3.63, 3.8) is 0 Å². The average molecular weight is 264 g/mol. The molecule has 0 aromatic heterocycles. The molecule has 1 aromatic carbocycles. The number of benzene rings is 1. The smallest absolute Gasteiger partial charge is 0.282 e. The van der Waals surface area contributed by atoms with Crippen molar-refractivity contribution in [3.05, 3.63) is 34.4 Å². The fourth-order valence-corrected chi connectivity index (χ4v) is 4.41. The molecule has 2 bridgehead atoms. The molecule has 3 saturated heterocycles. The topological polar surface area (TPSA) is 46.4 Å². The fourth-order valence-electron chi connectivity index (χ4n) is 2.92. The van der Waals surface area contributed by atoms with Gasteiger partial charge in [-0.1, -0.05) is 12.1 Å². The summed E-state index contributed by atoms with van der Waals surface area (Å²) in [7, 11) is 0. The van der Waals surface area contributed by atoms with Gasteiger partial charge in [0.25, 0.3) is 5.69 Å². The number of nitro benzene ring substituents is 1. The van der Waals surface area contributed by atoms with Crippen molar-refractivity contribution in [1.82, 2.24) is 4.90 Å². The minimum absolute atomic E-state index is 0.249. The molecule has 3 aliphatic heterocycles. The fraction of sp³-hybridized carbons (Fsp3) is 0.538. The molecule has 3 fully saturated rings. The average Bonchev–Trinajstić information content (AvgIpc) is 2.40. The lowest BCUT2D eigenvalue weighted by Crippen LogP contribution is -2.48. The van der Waals surface area contributed by atoms with Gasteiger partial charge in [-0.2, -0.15) is 0 Å². The van der Waals surface area contributed by atoms with Crippen LogP contribution in [0, 0.1) is 16.0 Å². The second-order valence-corrected chi connectivity index (χ2v) is 6.30. The number of nitrogens with zero attached hydrogens (tertiary/aromatic N) is 2. The van der Waals surface area contributed by atoms with Crippen molar-refractivity contribution < 1.29 is 4.92 Å². The van der Waals surface area contributed by atoms with E-state index in [4.69, 9.17) is 0 Å². The third kappa shape index (κ3) is 2.24. The molecule has 0 radical (unpaired) electrons. The van der Waals surface area contributed by atoms with E-state index < -0.39 is 0 Å². The lowest BCUT2D eigenvalue weighted by Gasteiger charge is -2.44. The van der Waals surface area contributed by atoms with Crippen LogP contribution in [0.15, 0.2) is 29.2 Å². The molecule has 0 N–H and O–H groups in total. The van der Waals surface area contributed by atoms with Gasteiger partial charge >= 0.3 is 0 Å². The molecule has 3 heterocycles. The summed E-state index contributed by atoms with van der Waals surface area (Å²) >= 11 is 1.70. The number of piperidine rings is 3. The monoisotopic (exact) mass is 264 g/mol. The van der Waals surface area contributed by atoms with E-state index in [0.29, 0.717) is 5.25 Å². The van der Waals surface area contributed by atoms with E-state index in [1.54, 1.807) is 23.9 Å². The first kappa shape index (κ1) is 12.0. The Morgan fingerprint density at radius 2 is 2.00 bits per heavy atom. The molecule has 3 aliphatic rings. The first-order valence-electron chi connectivity index (χ1n) is 6.36. The highest BCUT2D eigenvalue weighted by atomic mass is 32.2. The summed E-state index contributed by atoms with van der Waals surface area (Å²) in [6.07, 6.45) is 2.50. The third-order valence-corrected chi connectivity index (χ3v) is 5.37. The van der Waals surface area contributed by atoms with Gasteiger partial charge in [0.1, 0.15) is 0 Å². The number of hydrogen-bond donors (Lipinski definition) is 0. The molecule has 1 unspecified atom stereocenters. The SMILES string of the molecule is O=[N+]([O-])c1ccccc1SC1CN2CCC1CC2. The molecule has 4 rings (SSSR count). The van der Waals surface area contributed by atoms with Crippen LogP contribution < -0.4 is 0 Å². The highest BCUT2D eigenvalue weighted by Crippen LogP contribution is 2.41. The minimum atomic E-state index is -0.274. The van der Waals surface area contributed by atoms with Gasteiger partial charge in [0.15, 0.2) is 0 Å². The van der Waals surface area contributed by atoms with Gasteiger partial charge in [-0.25, -0.2) is 0 Å². The van der Waals surface area contributed by atoms with Crippen molar-refractivity contribution in [3.8, 4) is 0 Å². The van der Waals surface area contributed by atoms with Gasteiger partial charge < -0.3 is 4.90 Å². The van der Waals surface area contributed by atoms with Crippen LogP contribution in [0.25, 0.3) is 0 Å². The molecular weight excluding hydrogens is 248 g/mol. The van der Waals surface area contributed by atoms with Crippen molar-refractivity contribution in [2.75, 3.05) is 19.6 Å². The number of para-hydroxylation sites is 1. The van der Waals surface area contributed by atoms with E-state index >= 15 is 0 Å². The molecule has 18 heavy (non-hydrogen) atoms. The normalized spacial score (nSPS) is 30.3. The summed E-state index contributed by atoms with van der Waals surface area (Å²) in [6, 6.07) is 7.10. The molecule has 0 aliphatic carbocycles. The summed E-state index contributed by atoms with van der Waals surface area (Å²) in [6.45, 7) is 3.50. The van der Waals surface area contributed by atoms with Crippen LogP contribution in [0.1, 0.15) is 12.8 Å². The van der Waals surface area contributed by atoms with Crippen LogP contribution in [-0.4, -0.2) is 34.7 Å². The Balaban J connectivity index is 1.78. The Labute approximate surface area is 111 Å². The predicted octanol–water partition coefficient (Wildman–Crippen LogP) is 2.78. The van der Waals surface area contributed by atoms with Crippen LogP contribution in [0.4, 0.5) is 5.69 Å². The van der Waals surface area contributed by atoms with E-state index in [1.807, 2.05) is 12.1 Å². The highest BCUT2D eigenvalue weighted by molar-refractivity contribution is 8.00. The van der Waals surface area contributed by atoms with E-state index in [9.17, 15) is 10.1 Å². The number of thioether (sulfide) groups is 1. The van der Waals surface area contributed by atoms with Gasteiger partial charge in [-0.05, 0) is 37.9 Å². The van der Waals surface area contributed by atoms with Crippen molar-refractivity contribution in [1.29, 1.82) is 0 Å². The van der Waals surface area contributed by atoms with E-state index in [1.165, 1.54) is 25.9 Å². The zero-order valence-electron chi connectivity index (χ0n) is 10.1. The molecule has 0 spiro atoms. The molecule has 4 nitrogen and oxygen atoms in total. The summed E-state index contributed by atoms with van der Waals surface area (Å²) in [5.41, 5.74) is 0.249. The molecular formula is C13H16N2O2S. The zero-order valence-corrected chi connectivity index (χ0v) is 10.9. The summed E-state index contributed by atoms with van der Waals surface area (Å²) in [5.74, 6) is 0.736. The van der Waals surface area contributed by atoms with Crippen molar-refractivity contribution >= 4 is 17.4 Å². The quantitative estimate of drug-likeness (QED) is 0.622. The van der Waals surface area contributed by atoms with Crippen molar-refractivity contribution in [2.24, 2.45) is 5.92 Å². The van der Waals surface area contributed by atoms with Crippen LogP contribution in [0.3, 0.4) is 0 Å². The molecule has 0 saturated carbocycles. The third-order valence-electron chi connectivity index (χ3n) is 3.94. The number of nitro groups is 1. The maximum absolute atomic E-state index is 11.0. The van der Waals surface area contributed by atoms with Crippen LogP contribution in [-0.2, 0) is 0 Å². The summed E-state index contributed by atoms with van der Waals surface area (Å²) in [4.78, 5) is 14.0. The Bertz CT molecular complexity index is 458. The predicted molar refractivity (Wildman–Crippen MR) is 71.9 cm³/mol. The minimum Gasteiger partial charge on any atom is -0.302 e. The molecule has 1 atom stereocenters. The second kappa shape index (κ2) is 4.90. The van der Waals surface area contributed by atoms with E-state index in [-0.39, 0.29) is 10.6 Å². The Hall–Kier alpha value is -1.07. The summed E-state index contributed by atoms with van der Waals surface area (Å²) < 4.78 is 0. The lowest BCUT2D eigenvalue weighted by atomic mass is 9.88. The van der Waals surface area contributed by atoms with Gasteiger partial charge in [-0.3, -0.25) is 10.1 Å². The van der Waals surface area contributed by atoms with Gasteiger partial charge in [-0.15, -0.1) is 11.8 Å². The van der Waals surface area contributed by atoms with Gasteiger partial charge in [0.2, 0.25) is 0 Å². The Kier molecular flexibility index (Phi) is 3.26. The zero-order chi connectivity index (χ0) is 12.5. The first-order valence-corrected chi connectivity index (χ1v) is 7.24. The molecule has 96 valence electrons. The van der Waals surface area contributed by atoms with Crippen LogP contribution >= 0.6 is 11.8 Å². The largest absolute Gasteiger partial charge is 0.302 e. The van der Waals surface area contributed by atoms with Gasteiger partial charge in [0.05, 0.1) is 9.82 Å². The standard InChI is InChI=1S/C13H16N2O2S/c16-15(17)11-3-1-2-4-12(11)18-13-9-14-7-5-10(13)6-8-14/h1-4,10,13H,5-9H2.